The van der Waals surface area contributed by atoms with Crippen LogP contribution in [0.3, 0.4) is 0 Å². The van der Waals surface area contributed by atoms with Crippen LogP contribution in [0.5, 0.6) is 0 Å². The molecule has 0 amide bonds. The van der Waals surface area contributed by atoms with Gasteiger partial charge >= 0.3 is 0 Å². The number of fused-ring (bicyclic) bond motifs is 1. The lowest BCUT2D eigenvalue weighted by atomic mass is 10.1. The van der Waals surface area contributed by atoms with E-state index >= 15 is 0 Å². The molecule has 2 aromatic carbocycles. The SMILES string of the molecule is Cc1cccc(-n2c(N)nc3cc(F)c(Br)cc32)c1C#N. The first-order valence-corrected chi connectivity index (χ1v) is 6.95. The third kappa shape index (κ3) is 2.06. The van der Waals surface area contributed by atoms with Crippen molar-refractivity contribution >= 4 is 32.9 Å². The van der Waals surface area contributed by atoms with Gasteiger partial charge in [0.1, 0.15) is 11.9 Å². The fourth-order valence-electron chi connectivity index (χ4n) is 2.33. The summed E-state index contributed by atoms with van der Waals surface area (Å²) in [6, 6.07) is 10.6. The van der Waals surface area contributed by atoms with Crippen LogP contribution in [0.4, 0.5) is 10.3 Å². The summed E-state index contributed by atoms with van der Waals surface area (Å²) in [4.78, 5) is 4.17. The zero-order valence-corrected chi connectivity index (χ0v) is 12.6. The Bertz CT molecular complexity index is 908. The average molecular weight is 345 g/mol. The molecular formula is C15H10BrFN4. The van der Waals surface area contributed by atoms with Crippen LogP contribution in [0.25, 0.3) is 16.7 Å². The molecule has 0 spiro atoms. The van der Waals surface area contributed by atoms with Crippen molar-refractivity contribution in [3.8, 4) is 11.8 Å². The van der Waals surface area contributed by atoms with Gasteiger partial charge in [-0.3, -0.25) is 4.57 Å². The summed E-state index contributed by atoms with van der Waals surface area (Å²) in [5.74, 6) is -0.193. The Hall–Kier alpha value is -2.39. The molecule has 0 unspecified atom stereocenters. The standard InChI is InChI=1S/C15H10BrFN4/c1-8-3-2-4-13(9(8)7-18)21-14-5-10(16)11(17)6-12(14)20-15(21)19/h2-6H,1H3,(H2,19,20). The number of nitrogen functional groups attached to an aromatic ring is 1. The van der Waals surface area contributed by atoms with Crippen molar-refractivity contribution in [2.45, 2.75) is 6.92 Å². The van der Waals surface area contributed by atoms with Gasteiger partial charge in [0.15, 0.2) is 0 Å². The third-order valence-electron chi connectivity index (χ3n) is 3.33. The zero-order valence-electron chi connectivity index (χ0n) is 11.1. The highest BCUT2D eigenvalue weighted by Gasteiger charge is 2.16. The molecule has 0 aliphatic rings. The second-order valence-electron chi connectivity index (χ2n) is 4.64. The molecule has 0 saturated heterocycles. The monoisotopic (exact) mass is 344 g/mol. The molecule has 1 aromatic heterocycles. The van der Waals surface area contributed by atoms with Crippen molar-refractivity contribution in [3.05, 3.63) is 51.7 Å². The Morgan fingerprint density at radius 3 is 2.86 bits per heavy atom. The number of hydrogen-bond acceptors (Lipinski definition) is 3. The van der Waals surface area contributed by atoms with Gasteiger partial charge in [-0.2, -0.15) is 5.26 Å². The lowest BCUT2D eigenvalue weighted by molar-refractivity contribution is 0.623. The fourth-order valence-corrected chi connectivity index (χ4v) is 2.66. The molecule has 3 rings (SSSR count). The van der Waals surface area contributed by atoms with Crippen LogP contribution in [-0.2, 0) is 0 Å². The maximum absolute atomic E-state index is 13.6. The van der Waals surface area contributed by atoms with Gasteiger partial charge < -0.3 is 5.73 Å². The van der Waals surface area contributed by atoms with Crippen LogP contribution in [-0.4, -0.2) is 9.55 Å². The van der Waals surface area contributed by atoms with E-state index in [4.69, 9.17) is 5.73 Å². The first-order valence-electron chi connectivity index (χ1n) is 6.16. The van der Waals surface area contributed by atoms with E-state index in [2.05, 4.69) is 27.0 Å². The minimum atomic E-state index is -0.406. The zero-order chi connectivity index (χ0) is 15.1. The molecule has 3 aromatic rings. The van der Waals surface area contributed by atoms with Crippen molar-refractivity contribution in [1.29, 1.82) is 5.26 Å². The molecule has 4 nitrogen and oxygen atoms in total. The highest BCUT2D eigenvalue weighted by Crippen LogP contribution is 2.29. The van der Waals surface area contributed by atoms with Crippen molar-refractivity contribution in [2.75, 3.05) is 5.73 Å². The molecule has 104 valence electrons. The molecule has 0 fully saturated rings. The Balaban J connectivity index is 2.41. The number of aryl methyl sites for hydroxylation is 1. The number of imidazole rings is 1. The Kier molecular flexibility index (Phi) is 3.15. The highest BCUT2D eigenvalue weighted by molar-refractivity contribution is 9.10. The summed E-state index contributed by atoms with van der Waals surface area (Å²) in [6.07, 6.45) is 0. The average Bonchev–Trinajstić information content (AvgIpc) is 2.74. The van der Waals surface area contributed by atoms with E-state index in [0.29, 0.717) is 26.8 Å². The van der Waals surface area contributed by atoms with E-state index in [-0.39, 0.29) is 5.95 Å². The minimum absolute atomic E-state index is 0.213. The molecule has 0 radical (unpaired) electrons. The summed E-state index contributed by atoms with van der Waals surface area (Å²) in [5, 5.41) is 9.37. The summed E-state index contributed by atoms with van der Waals surface area (Å²) in [7, 11) is 0. The number of benzene rings is 2. The van der Waals surface area contributed by atoms with Gasteiger partial charge in [-0.25, -0.2) is 9.37 Å². The van der Waals surface area contributed by atoms with E-state index < -0.39 is 5.82 Å². The number of nitrogens with two attached hydrogens (primary N) is 1. The van der Waals surface area contributed by atoms with Crippen molar-refractivity contribution in [2.24, 2.45) is 0 Å². The Labute approximate surface area is 128 Å². The number of hydrogen-bond donors (Lipinski definition) is 1. The minimum Gasteiger partial charge on any atom is -0.369 e. The highest BCUT2D eigenvalue weighted by atomic mass is 79.9. The van der Waals surface area contributed by atoms with Gasteiger partial charge in [-0.05, 0) is 40.5 Å². The number of nitrogens with zero attached hydrogens (tertiary/aromatic N) is 3. The summed E-state index contributed by atoms with van der Waals surface area (Å²) in [6.45, 7) is 1.85. The van der Waals surface area contributed by atoms with Gasteiger partial charge in [0.05, 0.1) is 26.8 Å². The predicted octanol–water partition coefficient (Wildman–Crippen LogP) is 3.69. The number of rotatable bonds is 1. The molecule has 6 heteroatoms. The van der Waals surface area contributed by atoms with Crippen LogP contribution in [0, 0.1) is 24.1 Å². The van der Waals surface area contributed by atoms with Gasteiger partial charge in [-0.1, -0.05) is 12.1 Å². The van der Waals surface area contributed by atoms with E-state index in [9.17, 15) is 9.65 Å². The quantitative estimate of drug-likeness (QED) is 0.731. The van der Waals surface area contributed by atoms with E-state index in [0.717, 1.165) is 5.56 Å². The lowest BCUT2D eigenvalue weighted by Gasteiger charge is -2.10. The number of anilines is 1. The molecule has 0 saturated carbocycles. The van der Waals surface area contributed by atoms with E-state index in [1.807, 2.05) is 19.1 Å². The summed E-state index contributed by atoms with van der Waals surface area (Å²) < 4.78 is 15.6. The Morgan fingerprint density at radius 1 is 1.38 bits per heavy atom. The maximum Gasteiger partial charge on any atom is 0.205 e. The van der Waals surface area contributed by atoms with Gasteiger partial charge in [-0.15, -0.1) is 0 Å². The van der Waals surface area contributed by atoms with Gasteiger partial charge in [0.25, 0.3) is 0 Å². The van der Waals surface area contributed by atoms with Crippen LogP contribution >= 0.6 is 15.9 Å². The van der Waals surface area contributed by atoms with Crippen molar-refractivity contribution in [3.63, 3.8) is 0 Å². The van der Waals surface area contributed by atoms with Crippen LogP contribution < -0.4 is 5.73 Å². The topological polar surface area (TPSA) is 67.6 Å². The molecule has 1 heterocycles. The lowest BCUT2D eigenvalue weighted by Crippen LogP contribution is -2.03. The first-order chi connectivity index (χ1) is 10.0. The molecule has 2 N–H and O–H groups in total. The summed E-state index contributed by atoms with van der Waals surface area (Å²) in [5.41, 5.74) is 9.05. The predicted molar refractivity (Wildman–Crippen MR) is 82.6 cm³/mol. The largest absolute Gasteiger partial charge is 0.369 e. The fraction of sp³-hybridized carbons (Fsp3) is 0.0667. The van der Waals surface area contributed by atoms with Crippen LogP contribution in [0.1, 0.15) is 11.1 Å². The second kappa shape index (κ2) is 4.86. The molecule has 0 atom stereocenters. The molecule has 0 bridgehead atoms. The molecule has 0 aliphatic carbocycles. The number of halogens is 2. The van der Waals surface area contributed by atoms with Crippen molar-refractivity contribution in [1.82, 2.24) is 9.55 Å². The summed E-state index contributed by atoms with van der Waals surface area (Å²) >= 11 is 3.16. The first kappa shape index (κ1) is 13.6. The van der Waals surface area contributed by atoms with Gasteiger partial charge in [0.2, 0.25) is 5.95 Å². The third-order valence-corrected chi connectivity index (χ3v) is 3.93. The number of aromatic nitrogens is 2. The van der Waals surface area contributed by atoms with Crippen LogP contribution in [0.15, 0.2) is 34.8 Å². The number of nitriles is 1. The van der Waals surface area contributed by atoms with E-state index in [1.165, 1.54) is 6.07 Å². The Morgan fingerprint density at radius 2 is 2.14 bits per heavy atom. The van der Waals surface area contributed by atoms with E-state index in [1.54, 1.807) is 16.7 Å². The maximum atomic E-state index is 13.6. The van der Waals surface area contributed by atoms with Crippen LogP contribution in [0.2, 0.25) is 0 Å². The molecular weight excluding hydrogens is 335 g/mol. The molecule has 0 aliphatic heterocycles. The molecule has 21 heavy (non-hydrogen) atoms. The van der Waals surface area contributed by atoms with Gasteiger partial charge in [0, 0.05) is 6.07 Å². The van der Waals surface area contributed by atoms with Crippen molar-refractivity contribution < 1.29 is 4.39 Å². The second-order valence-corrected chi connectivity index (χ2v) is 5.50. The smallest absolute Gasteiger partial charge is 0.205 e. The normalized spacial score (nSPS) is 10.8.